The Kier molecular flexibility index (Phi) is 4.80. The van der Waals surface area contributed by atoms with Gasteiger partial charge in [0.05, 0.1) is 13.1 Å². The lowest BCUT2D eigenvalue weighted by atomic mass is 10.2. The fourth-order valence-electron chi connectivity index (χ4n) is 2.54. The SMILES string of the molecule is CC(=O)N[C@@H]1CCN(CC#CCN2CCCC2)C1=O. The normalized spacial score (nSPS) is 23.3. The van der Waals surface area contributed by atoms with Crippen LogP contribution in [-0.4, -0.2) is 60.4 Å². The zero-order valence-corrected chi connectivity index (χ0v) is 11.4. The van der Waals surface area contributed by atoms with Crippen LogP contribution < -0.4 is 5.32 Å². The number of carbonyl (C=O) groups excluding carboxylic acids is 2. The maximum absolute atomic E-state index is 11.9. The molecule has 1 N–H and O–H groups in total. The molecule has 0 saturated carbocycles. The molecule has 2 rings (SSSR count). The molecule has 0 aromatic carbocycles. The standard InChI is InChI=1S/C14H21N3O2/c1-12(18)15-13-6-11-17(14(13)19)10-5-4-9-16-7-2-3-8-16/h13H,2-3,6-11H2,1H3,(H,15,18)/t13-/m1/s1. The quantitative estimate of drug-likeness (QED) is 0.719. The van der Waals surface area contributed by atoms with Gasteiger partial charge in [0.25, 0.3) is 0 Å². The Balaban J connectivity index is 1.73. The first-order valence-electron chi connectivity index (χ1n) is 6.91. The molecule has 0 unspecified atom stereocenters. The van der Waals surface area contributed by atoms with Gasteiger partial charge in [0, 0.05) is 13.5 Å². The van der Waals surface area contributed by atoms with Gasteiger partial charge in [-0.15, -0.1) is 0 Å². The highest BCUT2D eigenvalue weighted by molar-refractivity contribution is 5.88. The molecule has 0 radical (unpaired) electrons. The van der Waals surface area contributed by atoms with E-state index in [1.807, 2.05) is 0 Å². The molecule has 0 bridgehead atoms. The van der Waals surface area contributed by atoms with E-state index < -0.39 is 0 Å². The summed E-state index contributed by atoms with van der Waals surface area (Å²) in [5.41, 5.74) is 0. The van der Waals surface area contributed by atoms with Crippen molar-refractivity contribution in [1.82, 2.24) is 15.1 Å². The Hall–Kier alpha value is -1.54. The molecule has 2 heterocycles. The third-order valence-corrected chi connectivity index (χ3v) is 3.57. The summed E-state index contributed by atoms with van der Waals surface area (Å²) in [6.07, 6.45) is 3.22. The zero-order valence-electron chi connectivity index (χ0n) is 11.4. The van der Waals surface area contributed by atoms with Gasteiger partial charge in [0.15, 0.2) is 0 Å². The molecule has 2 aliphatic heterocycles. The van der Waals surface area contributed by atoms with Crippen molar-refractivity contribution in [3.8, 4) is 11.8 Å². The van der Waals surface area contributed by atoms with E-state index in [9.17, 15) is 9.59 Å². The van der Waals surface area contributed by atoms with E-state index in [-0.39, 0.29) is 17.9 Å². The number of likely N-dealkylation sites (tertiary alicyclic amines) is 2. The highest BCUT2D eigenvalue weighted by Gasteiger charge is 2.31. The summed E-state index contributed by atoms with van der Waals surface area (Å²) >= 11 is 0. The van der Waals surface area contributed by atoms with Crippen molar-refractivity contribution in [2.75, 3.05) is 32.7 Å². The minimum atomic E-state index is -0.349. The van der Waals surface area contributed by atoms with Crippen LogP contribution in [0.15, 0.2) is 0 Å². The fourth-order valence-corrected chi connectivity index (χ4v) is 2.54. The Labute approximate surface area is 114 Å². The first-order chi connectivity index (χ1) is 9.16. The second-order valence-electron chi connectivity index (χ2n) is 5.14. The van der Waals surface area contributed by atoms with E-state index in [4.69, 9.17) is 0 Å². The number of nitrogens with one attached hydrogen (secondary N) is 1. The van der Waals surface area contributed by atoms with Gasteiger partial charge in [-0.05, 0) is 32.4 Å². The van der Waals surface area contributed by atoms with Crippen LogP contribution in [0.1, 0.15) is 26.2 Å². The topological polar surface area (TPSA) is 52.7 Å². The van der Waals surface area contributed by atoms with Crippen molar-refractivity contribution in [3.05, 3.63) is 0 Å². The third kappa shape index (κ3) is 3.97. The van der Waals surface area contributed by atoms with Crippen molar-refractivity contribution in [2.45, 2.75) is 32.2 Å². The molecular weight excluding hydrogens is 242 g/mol. The largest absolute Gasteiger partial charge is 0.344 e. The molecule has 2 fully saturated rings. The smallest absolute Gasteiger partial charge is 0.246 e. The van der Waals surface area contributed by atoms with Gasteiger partial charge in [-0.1, -0.05) is 11.8 Å². The van der Waals surface area contributed by atoms with Crippen LogP contribution in [0.4, 0.5) is 0 Å². The highest BCUT2D eigenvalue weighted by atomic mass is 16.2. The maximum Gasteiger partial charge on any atom is 0.246 e. The number of rotatable bonds is 3. The van der Waals surface area contributed by atoms with E-state index >= 15 is 0 Å². The van der Waals surface area contributed by atoms with E-state index in [1.54, 1.807) is 4.90 Å². The van der Waals surface area contributed by atoms with Gasteiger partial charge in [0.2, 0.25) is 11.8 Å². The molecule has 2 saturated heterocycles. The van der Waals surface area contributed by atoms with Gasteiger partial charge in [-0.25, -0.2) is 0 Å². The molecule has 0 aromatic heterocycles. The summed E-state index contributed by atoms with van der Waals surface area (Å²) in [4.78, 5) is 26.9. The van der Waals surface area contributed by atoms with Crippen LogP contribution in [0.5, 0.6) is 0 Å². The zero-order chi connectivity index (χ0) is 13.7. The third-order valence-electron chi connectivity index (χ3n) is 3.57. The highest BCUT2D eigenvalue weighted by Crippen LogP contribution is 2.10. The van der Waals surface area contributed by atoms with Crippen LogP contribution in [0.3, 0.4) is 0 Å². The van der Waals surface area contributed by atoms with Crippen molar-refractivity contribution < 1.29 is 9.59 Å². The Bertz CT molecular complexity index is 405. The fraction of sp³-hybridized carbons (Fsp3) is 0.714. The lowest BCUT2D eigenvalue weighted by molar-refractivity contribution is -0.131. The second-order valence-corrected chi connectivity index (χ2v) is 5.14. The van der Waals surface area contributed by atoms with Gasteiger partial charge in [-0.3, -0.25) is 14.5 Å². The monoisotopic (exact) mass is 263 g/mol. The number of carbonyl (C=O) groups is 2. The number of hydrogen-bond donors (Lipinski definition) is 1. The Morgan fingerprint density at radius 2 is 1.95 bits per heavy atom. The predicted octanol–water partition coefficient (Wildman–Crippen LogP) is -0.177. The van der Waals surface area contributed by atoms with E-state index in [1.165, 1.54) is 19.8 Å². The van der Waals surface area contributed by atoms with E-state index in [0.717, 1.165) is 19.6 Å². The van der Waals surface area contributed by atoms with Gasteiger partial charge < -0.3 is 10.2 Å². The van der Waals surface area contributed by atoms with Gasteiger partial charge >= 0.3 is 0 Å². The first kappa shape index (κ1) is 13.9. The molecule has 2 amide bonds. The average molecular weight is 263 g/mol. The molecule has 1 atom stereocenters. The second kappa shape index (κ2) is 6.58. The molecule has 2 aliphatic rings. The number of hydrogen-bond acceptors (Lipinski definition) is 3. The molecule has 0 spiro atoms. The summed E-state index contributed by atoms with van der Waals surface area (Å²) in [6, 6.07) is -0.349. The molecule has 0 aliphatic carbocycles. The molecule has 0 aromatic rings. The van der Waals surface area contributed by atoms with Crippen molar-refractivity contribution >= 4 is 11.8 Å². The molecule has 5 nitrogen and oxygen atoms in total. The Morgan fingerprint density at radius 1 is 1.26 bits per heavy atom. The molecule has 19 heavy (non-hydrogen) atoms. The molecule has 104 valence electrons. The average Bonchev–Trinajstić information content (AvgIpc) is 2.98. The van der Waals surface area contributed by atoms with Crippen LogP contribution >= 0.6 is 0 Å². The summed E-state index contributed by atoms with van der Waals surface area (Å²) in [5.74, 6) is 6.02. The van der Waals surface area contributed by atoms with Gasteiger partial charge in [0.1, 0.15) is 6.04 Å². The Morgan fingerprint density at radius 3 is 2.63 bits per heavy atom. The van der Waals surface area contributed by atoms with Crippen molar-refractivity contribution in [3.63, 3.8) is 0 Å². The van der Waals surface area contributed by atoms with Crippen LogP contribution in [0.25, 0.3) is 0 Å². The van der Waals surface area contributed by atoms with Crippen molar-refractivity contribution in [1.29, 1.82) is 0 Å². The van der Waals surface area contributed by atoms with Crippen LogP contribution in [-0.2, 0) is 9.59 Å². The minimum Gasteiger partial charge on any atom is -0.344 e. The van der Waals surface area contributed by atoms with Crippen molar-refractivity contribution in [2.24, 2.45) is 0 Å². The van der Waals surface area contributed by atoms with Crippen LogP contribution in [0.2, 0.25) is 0 Å². The summed E-state index contributed by atoms with van der Waals surface area (Å²) in [7, 11) is 0. The number of nitrogens with zero attached hydrogens (tertiary/aromatic N) is 2. The number of amides is 2. The van der Waals surface area contributed by atoms with E-state index in [2.05, 4.69) is 22.1 Å². The minimum absolute atomic E-state index is 0.00864. The summed E-state index contributed by atoms with van der Waals surface area (Å²) in [6.45, 7) is 5.68. The van der Waals surface area contributed by atoms with Crippen LogP contribution in [0, 0.1) is 11.8 Å². The predicted molar refractivity (Wildman–Crippen MR) is 72.3 cm³/mol. The van der Waals surface area contributed by atoms with E-state index in [0.29, 0.717) is 19.5 Å². The van der Waals surface area contributed by atoms with Gasteiger partial charge in [-0.2, -0.15) is 0 Å². The lowest BCUT2D eigenvalue weighted by Gasteiger charge is -2.13. The lowest BCUT2D eigenvalue weighted by Crippen LogP contribution is -2.40. The summed E-state index contributed by atoms with van der Waals surface area (Å²) in [5, 5.41) is 2.67. The molecule has 5 heteroatoms. The summed E-state index contributed by atoms with van der Waals surface area (Å²) < 4.78 is 0. The maximum atomic E-state index is 11.9. The first-order valence-corrected chi connectivity index (χ1v) is 6.91. The molecular formula is C14H21N3O2.